The Kier molecular flexibility index (Phi) is 5.85. The zero-order valence-corrected chi connectivity index (χ0v) is 13.5. The highest BCUT2D eigenvalue weighted by molar-refractivity contribution is 7.99. The van der Waals surface area contributed by atoms with Gasteiger partial charge in [-0.05, 0) is 12.8 Å². The highest BCUT2D eigenvalue weighted by Crippen LogP contribution is 2.31. The molecule has 0 fully saturated rings. The maximum Gasteiger partial charge on any atom is 0.254 e. The predicted octanol–water partition coefficient (Wildman–Crippen LogP) is 2.15. The van der Waals surface area contributed by atoms with Crippen LogP contribution in [0.25, 0.3) is 0 Å². The number of nitrogens with zero attached hydrogens (tertiary/aromatic N) is 2. The summed E-state index contributed by atoms with van der Waals surface area (Å²) in [4.78, 5) is 28.7. The number of amides is 1. The van der Waals surface area contributed by atoms with Gasteiger partial charge in [-0.3, -0.25) is 14.2 Å². The molecule has 2 rings (SSSR count). The van der Waals surface area contributed by atoms with E-state index in [0.717, 1.165) is 42.3 Å². The van der Waals surface area contributed by atoms with Gasteiger partial charge in [0, 0.05) is 30.5 Å². The van der Waals surface area contributed by atoms with E-state index in [0.29, 0.717) is 13.0 Å². The first-order valence-corrected chi connectivity index (χ1v) is 8.66. The molecule has 116 valence electrons. The molecule has 1 N–H and O–H groups in total. The van der Waals surface area contributed by atoms with Crippen molar-refractivity contribution in [1.82, 2.24) is 14.9 Å². The van der Waals surface area contributed by atoms with Crippen LogP contribution in [0.3, 0.4) is 0 Å². The molecule has 0 spiro atoms. The molecule has 21 heavy (non-hydrogen) atoms. The number of hydrogen-bond donors (Lipinski definition) is 1. The Labute approximate surface area is 129 Å². The summed E-state index contributed by atoms with van der Waals surface area (Å²) < 4.78 is 1.68. The number of aryl methyl sites for hydroxylation is 1. The highest BCUT2D eigenvalue weighted by atomic mass is 32.2. The fourth-order valence-corrected chi connectivity index (χ4v) is 3.59. The van der Waals surface area contributed by atoms with Crippen LogP contribution in [0.4, 0.5) is 0 Å². The lowest BCUT2D eigenvalue weighted by Gasteiger charge is -2.13. The minimum Gasteiger partial charge on any atom is -0.356 e. The largest absolute Gasteiger partial charge is 0.356 e. The smallest absolute Gasteiger partial charge is 0.254 e. The summed E-state index contributed by atoms with van der Waals surface area (Å²) in [6.07, 6.45) is 4.21. The molecule has 1 aliphatic rings. The SMILES string of the molecule is CCCCNC(=O)CC1CSc2nc(CCC)cc(=O)n21. The molecule has 0 saturated carbocycles. The van der Waals surface area contributed by atoms with Crippen molar-refractivity contribution >= 4 is 17.7 Å². The van der Waals surface area contributed by atoms with E-state index >= 15 is 0 Å². The lowest BCUT2D eigenvalue weighted by atomic mass is 10.2. The summed E-state index contributed by atoms with van der Waals surface area (Å²) in [6, 6.07) is 1.54. The summed E-state index contributed by atoms with van der Waals surface area (Å²) in [5, 5.41) is 3.67. The number of nitrogens with one attached hydrogen (secondary N) is 1. The predicted molar refractivity (Wildman–Crippen MR) is 84.8 cm³/mol. The summed E-state index contributed by atoms with van der Waals surface area (Å²) in [5.74, 6) is 0.769. The maximum atomic E-state index is 12.2. The van der Waals surface area contributed by atoms with Crippen molar-refractivity contribution in [2.45, 2.75) is 57.1 Å². The quantitative estimate of drug-likeness (QED) is 0.619. The van der Waals surface area contributed by atoms with Gasteiger partial charge in [0.1, 0.15) is 0 Å². The first-order chi connectivity index (χ1) is 10.2. The first kappa shape index (κ1) is 16.1. The fourth-order valence-electron chi connectivity index (χ4n) is 2.42. The molecule has 1 atom stereocenters. The zero-order chi connectivity index (χ0) is 15.2. The van der Waals surface area contributed by atoms with Crippen molar-refractivity contribution < 1.29 is 4.79 Å². The summed E-state index contributed by atoms with van der Waals surface area (Å²) in [7, 11) is 0. The van der Waals surface area contributed by atoms with Crippen LogP contribution >= 0.6 is 11.8 Å². The molecule has 2 heterocycles. The molecule has 1 aromatic heterocycles. The van der Waals surface area contributed by atoms with Crippen molar-refractivity contribution in [3.63, 3.8) is 0 Å². The maximum absolute atomic E-state index is 12.2. The standard InChI is InChI=1S/C15H23N3O2S/c1-3-5-7-16-13(19)9-12-10-21-15-17-11(6-4-2)8-14(20)18(12)15/h8,12H,3-7,9-10H2,1-2H3,(H,16,19). The van der Waals surface area contributed by atoms with E-state index in [1.165, 1.54) is 0 Å². The van der Waals surface area contributed by atoms with Gasteiger partial charge in [-0.1, -0.05) is 38.5 Å². The number of unbranched alkanes of at least 4 members (excludes halogenated alkanes) is 1. The minimum absolute atomic E-state index is 0.0198. The molecule has 0 aromatic carbocycles. The van der Waals surface area contributed by atoms with E-state index in [1.54, 1.807) is 22.4 Å². The second kappa shape index (κ2) is 7.64. The van der Waals surface area contributed by atoms with Crippen LogP contribution in [-0.2, 0) is 11.2 Å². The Morgan fingerprint density at radius 3 is 3.00 bits per heavy atom. The number of aromatic nitrogens is 2. The molecule has 1 amide bonds. The van der Waals surface area contributed by atoms with Crippen LogP contribution in [0.15, 0.2) is 16.0 Å². The van der Waals surface area contributed by atoms with E-state index in [4.69, 9.17) is 0 Å². The average Bonchev–Trinajstić information content (AvgIpc) is 2.83. The van der Waals surface area contributed by atoms with Crippen LogP contribution in [0, 0.1) is 0 Å². The van der Waals surface area contributed by atoms with Gasteiger partial charge < -0.3 is 5.32 Å². The van der Waals surface area contributed by atoms with Gasteiger partial charge in [-0.25, -0.2) is 4.98 Å². The van der Waals surface area contributed by atoms with Crippen molar-refractivity contribution in [3.05, 3.63) is 22.1 Å². The fraction of sp³-hybridized carbons (Fsp3) is 0.667. The zero-order valence-electron chi connectivity index (χ0n) is 12.7. The van der Waals surface area contributed by atoms with Gasteiger partial charge in [-0.15, -0.1) is 0 Å². The van der Waals surface area contributed by atoms with Crippen LogP contribution in [0.5, 0.6) is 0 Å². The van der Waals surface area contributed by atoms with E-state index in [2.05, 4.69) is 24.1 Å². The van der Waals surface area contributed by atoms with Crippen LogP contribution < -0.4 is 10.9 Å². The third-order valence-electron chi connectivity index (χ3n) is 3.52. The lowest BCUT2D eigenvalue weighted by Crippen LogP contribution is -2.31. The molecule has 0 saturated heterocycles. The molecular weight excluding hydrogens is 286 g/mol. The van der Waals surface area contributed by atoms with Gasteiger partial charge in [0.05, 0.1) is 6.04 Å². The van der Waals surface area contributed by atoms with Crippen LogP contribution in [0.2, 0.25) is 0 Å². The van der Waals surface area contributed by atoms with E-state index < -0.39 is 0 Å². The van der Waals surface area contributed by atoms with Crippen LogP contribution in [0.1, 0.15) is 51.3 Å². The van der Waals surface area contributed by atoms with E-state index in [9.17, 15) is 9.59 Å². The summed E-state index contributed by atoms with van der Waals surface area (Å²) in [5.41, 5.74) is 0.828. The Balaban J connectivity index is 2.04. The molecular formula is C15H23N3O2S. The van der Waals surface area contributed by atoms with E-state index in [1.807, 2.05) is 0 Å². The van der Waals surface area contributed by atoms with Crippen molar-refractivity contribution in [3.8, 4) is 0 Å². The number of hydrogen-bond acceptors (Lipinski definition) is 4. The number of carbonyl (C=O) groups is 1. The van der Waals surface area contributed by atoms with E-state index in [-0.39, 0.29) is 17.5 Å². The summed E-state index contributed by atoms with van der Waals surface area (Å²) in [6.45, 7) is 4.88. The molecule has 1 aromatic rings. The Hall–Kier alpha value is -1.30. The Bertz CT molecular complexity index is 556. The number of thioether (sulfide) groups is 1. The minimum atomic E-state index is -0.0673. The monoisotopic (exact) mass is 309 g/mol. The third kappa shape index (κ3) is 4.09. The molecule has 1 unspecified atom stereocenters. The van der Waals surface area contributed by atoms with Gasteiger partial charge in [-0.2, -0.15) is 0 Å². The van der Waals surface area contributed by atoms with Crippen molar-refractivity contribution in [2.24, 2.45) is 0 Å². The normalized spacial score (nSPS) is 16.8. The molecule has 0 aliphatic carbocycles. The summed E-state index contributed by atoms with van der Waals surface area (Å²) >= 11 is 1.57. The highest BCUT2D eigenvalue weighted by Gasteiger charge is 2.27. The molecule has 0 bridgehead atoms. The second-order valence-corrected chi connectivity index (χ2v) is 6.35. The number of carbonyl (C=O) groups excluding carboxylic acids is 1. The van der Waals surface area contributed by atoms with Crippen LogP contribution in [-0.4, -0.2) is 27.8 Å². The van der Waals surface area contributed by atoms with Crippen molar-refractivity contribution in [1.29, 1.82) is 0 Å². The van der Waals surface area contributed by atoms with Crippen molar-refractivity contribution in [2.75, 3.05) is 12.3 Å². The van der Waals surface area contributed by atoms with Gasteiger partial charge in [0.15, 0.2) is 5.16 Å². The number of rotatable bonds is 7. The molecule has 6 heteroatoms. The van der Waals surface area contributed by atoms with Gasteiger partial charge >= 0.3 is 0 Å². The first-order valence-electron chi connectivity index (χ1n) is 7.67. The molecule has 5 nitrogen and oxygen atoms in total. The second-order valence-electron chi connectivity index (χ2n) is 5.36. The Morgan fingerprint density at radius 2 is 2.29 bits per heavy atom. The molecule has 1 aliphatic heterocycles. The van der Waals surface area contributed by atoms with Gasteiger partial charge in [0.2, 0.25) is 5.91 Å². The Morgan fingerprint density at radius 1 is 1.48 bits per heavy atom. The average molecular weight is 309 g/mol. The van der Waals surface area contributed by atoms with Gasteiger partial charge in [0.25, 0.3) is 5.56 Å². The number of fused-ring (bicyclic) bond motifs is 1. The lowest BCUT2D eigenvalue weighted by molar-refractivity contribution is -0.121. The topological polar surface area (TPSA) is 64.0 Å². The third-order valence-corrected chi connectivity index (χ3v) is 4.62. The molecule has 0 radical (unpaired) electrons.